The van der Waals surface area contributed by atoms with Crippen molar-refractivity contribution in [3.05, 3.63) is 62.5 Å². The van der Waals surface area contributed by atoms with Gasteiger partial charge in [0.1, 0.15) is 11.1 Å². The zero-order valence-electron chi connectivity index (χ0n) is 14.4. The summed E-state index contributed by atoms with van der Waals surface area (Å²) in [6, 6.07) is 8.58. The number of hydrogen-bond donors (Lipinski definition) is 2. The molecule has 4 rings (SSSR count). The minimum atomic E-state index is -0.608. The standard InChI is InChI=1S/C19H19N3O4/c1-11-14(16(23)20-10-12-6-5-7-12)15-17(26-11)21-19(25)22(18(15)24)13-8-3-2-4-9-13/h2-4,8-9,12H,5-7,10H2,1H3,(H,20,23)(H,21,25). The van der Waals surface area contributed by atoms with Crippen LogP contribution in [-0.4, -0.2) is 22.0 Å². The van der Waals surface area contributed by atoms with E-state index >= 15 is 0 Å². The van der Waals surface area contributed by atoms with Gasteiger partial charge in [0, 0.05) is 6.54 Å². The first-order valence-electron chi connectivity index (χ1n) is 8.68. The van der Waals surface area contributed by atoms with E-state index in [2.05, 4.69) is 10.3 Å². The third kappa shape index (κ3) is 2.65. The predicted octanol–water partition coefficient (Wildman–Crippen LogP) is 2.11. The number of amides is 1. The molecule has 2 aromatic heterocycles. The minimum Gasteiger partial charge on any atom is -0.444 e. The summed E-state index contributed by atoms with van der Waals surface area (Å²) in [6.07, 6.45) is 3.41. The lowest BCUT2D eigenvalue weighted by atomic mass is 9.85. The summed E-state index contributed by atoms with van der Waals surface area (Å²) < 4.78 is 6.50. The van der Waals surface area contributed by atoms with Crippen molar-refractivity contribution in [2.75, 3.05) is 6.54 Å². The Bertz CT molecular complexity index is 1090. The van der Waals surface area contributed by atoms with Gasteiger partial charge in [-0.2, -0.15) is 0 Å². The molecule has 0 unspecified atom stereocenters. The van der Waals surface area contributed by atoms with Gasteiger partial charge in [0.25, 0.3) is 11.5 Å². The molecular formula is C19H19N3O4. The van der Waals surface area contributed by atoms with Crippen LogP contribution in [0.1, 0.15) is 35.4 Å². The molecule has 0 saturated heterocycles. The van der Waals surface area contributed by atoms with Gasteiger partial charge in [-0.15, -0.1) is 0 Å². The Morgan fingerprint density at radius 2 is 2.00 bits per heavy atom. The summed E-state index contributed by atoms with van der Waals surface area (Å²) in [5, 5.41) is 2.98. The van der Waals surface area contributed by atoms with Gasteiger partial charge in [0.15, 0.2) is 0 Å². The number of rotatable bonds is 4. The van der Waals surface area contributed by atoms with E-state index in [-0.39, 0.29) is 22.6 Å². The number of aromatic amines is 1. The number of hydrogen-bond acceptors (Lipinski definition) is 4. The molecule has 1 aliphatic rings. The summed E-state index contributed by atoms with van der Waals surface area (Å²) in [5.74, 6) is 0.458. The number of furan rings is 1. The molecule has 0 spiro atoms. The number of fused-ring (bicyclic) bond motifs is 1. The van der Waals surface area contributed by atoms with Crippen molar-refractivity contribution >= 4 is 17.0 Å². The summed E-state index contributed by atoms with van der Waals surface area (Å²) in [4.78, 5) is 40.6. The first-order chi connectivity index (χ1) is 12.6. The Labute approximate surface area is 148 Å². The molecule has 7 nitrogen and oxygen atoms in total. The Morgan fingerprint density at radius 1 is 1.27 bits per heavy atom. The summed E-state index contributed by atoms with van der Waals surface area (Å²) in [7, 11) is 0. The molecule has 0 bridgehead atoms. The second-order valence-electron chi connectivity index (χ2n) is 6.65. The van der Waals surface area contributed by atoms with Crippen LogP contribution in [0, 0.1) is 12.8 Å². The van der Waals surface area contributed by atoms with E-state index in [0.29, 0.717) is 23.9 Å². The molecule has 1 saturated carbocycles. The van der Waals surface area contributed by atoms with Crippen LogP contribution in [0.5, 0.6) is 0 Å². The van der Waals surface area contributed by atoms with E-state index in [4.69, 9.17) is 4.42 Å². The Balaban J connectivity index is 1.83. The Morgan fingerprint density at radius 3 is 2.65 bits per heavy atom. The van der Waals surface area contributed by atoms with E-state index < -0.39 is 11.2 Å². The maximum atomic E-state index is 13.0. The molecule has 0 atom stereocenters. The number of nitrogens with zero attached hydrogens (tertiary/aromatic N) is 1. The molecule has 0 aliphatic heterocycles. The van der Waals surface area contributed by atoms with Crippen LogP contribution in [0.15, 0.2) is 44.3 Å². The quantitative estimate of drug-likeness (QED) is 0.751. The first kappa shape index (κ1) is 16.4. The van der Waals surface area contributed by atoms with Crippen LogP contribution < -0.4 is 16.6 Å². The SMILES string of the molecule is Cc1oc2[nH]c(=O)n(-c3ccccc3)c(=O)c2c1C(=O)NCC1CCC1. The van der Waals surface area contributed by atoms with Crippen molar-refractivity contribution in [3.8, 4) is 5.69 Å². The Hall–Kier alpha value is -3.09. The molecule has 3 aromatic rings. The van der Waals surface area contributed by atoms with E-state index in [1.54, 1.807) is 37.3 Å². The zero-order valence-corrected chi connectivity index (χ0v) is 14.4. The summed E-state index contributed by atoms with van der Waals surface area (Å²) in [5.41, 5.74) is -0.534. The summed E-state index contributed by atoms with van der Waals surface area (Å²) >= 11 is 0. The molecule has 1 amide bonds. The van der Waals surface area contributed by atoms with Gasteiger partial charge >= 0.3 is 5.69 Å². The highest BCUT2D eigenvalue weighted by atomic mass is 16.3. The summed E-state index contributed by atoms with van der Waals surface area (Å²) in [6.45, 7) is 2.20. The fraction of sp³-hybridized carbons (Fsp3) is 0.316. The number of carbonyl (C=O) groups is 1. The molecule has 0 radical (unpaired) electrons. The van der Waals surface area contributed by atoms with Crippen LogP contribution in [0.3, 0.4) is 0 Å². The number of H-pyrrole nitrogens is 1. The molecule has 2 heterocycles. The number of benzene rings is 1. The third-order valence-corrected chi connectivity index (χ3v) is 4.94. The topological polar surface area (TPSA) is 97.1 Å². The third-order valence-electron chi connectivity index (χ3n) is 4.94. The normalized spacial score (nSPS) is 14.3. The van der Waals surface area contributed by atoms with Gasteiger partial charge in [-0.25, -0.2) is 9.36 Å². The fourth-order valence-corrected chi connectivity index (χ4v) is 3.30. The minimum absolute atomic E-state index is 0.0264. The van der Waals surface area contributed by atoms with E-state index in [1.165, 1.54) is 6.42 Å². The highest BCUT2D eigenvalue weighted by Gasteiger charge is 2.25. The lowest BCUT2D eigenvalue weighted by Crippen LogP contribution is -2.35. The molecule has 2 N–H and O–H groups in total. The molecular weight excluding hydrogens is 334 g/mol. The van der Waals surface area contributed by atoms with Crippen molar-refractivity contribution < 1.29 is 9.21 Å². The van der Waals surface area contributed by atoms with Crippen molar-refractivity contribution in [2.45, 2.75) is 26.2 Å². The maximum absolute atomic E-state index is 13.0. The van der Waals surface area contributed by atoms with Crippen LogP contribution in [-0.2, 0) is 0 Å². The maximum Gasteiger partial charge on any atom is 0.335 e. The van der Waals surface area contributed by atoms with Gasteiger partial charge in [0.2, 0.25) is 5.71 Å². The van der Waals surface area contributed by atoms with Crippen LogP contribution in [0.2, 0.25) is 0 Å². The van der Waals surface area contributed by atoms with E-state index in [1.807, 2.05) is 0 Å². The molecule has 1 fully saturated rings. The van der Waals surface area contributed by atoms with Crippen LogP contribution in [0.4, 0.5) is 0 Å². The zero-order chi connectivity index (χ0) is 18.3. The molecule has 7 heteroatoms. The first-order valence-corrected chi connectivity index (χ1v) is 8.68. The van der Waals surface area contributed by atoms with E-state index in [9.17, 15) is 14.4 Å². The average molecular weight is 353 g/mol. The molecule has 26 heavy (non-hydrogen) atoms. The number of aryl methyl sites for hydroxylation is 1. The smallest absolute Gasteiger partial charge is 0.335 e. The number of nitrogens with one attached hydrogen (secondary N) is 2. The Kier molecular flexibility index (Phi) is 3.99. The van der Waals surface area contributed by atoms with Gasteiger partial charge in [-0.05, 0) is 37.8 Å². The fourth-order valence-electron chi connectivity index (χ4n) is 3.30. The van der Waals surface area contributed by atoms with Crippen LogP contribution >= 0.6 is 0 Å². The largest absolute Gasteiger partial charge is 0.444 e. The van der Waals surface area contributed by atoms with Crippen molar-refractivity contribution in [2.24, 2.45) is 5.92 Å². The molecule has 1 aliphatic carbocycles. The van der Waals surface area contributed by atoms with Crippen molar-refractivity contribution in [3.63, 3.8) is 0 Å². The number of carbonyl (C=O) groups excluding carboxylic acids is 1. The molecule has 134 valence electrons. The van der Waals surface area contributed by atoms with Gasteiger partial charge in [-0.3, -0.25) is 14.6 Å². The van der Waals surface area contributed by atoms with Crippen LogP contribution in [0.25, 0.3) is 16.8 Å². The lowest BCUT2D eigenvalue weighted by Gasteiger charge is -2.25. The highest BCUT2D eigenvalue weighted by Crippen LogP contribution is 2.26. The van der Waals surface area contributed by atoms with E-state index in [0.717, 1.165) is 17.4 Å². The number of aromatic nitrogens is 2. The van der Waals surface area contributed by atoms with Crippen molar-refractivity contribution in [1.29, 1.82) is 0 Å². The van der Waals surface area contributed by atoms with Gasteiger partial charge in [0.05, 0.1) is 11.3 Å². The van der Waals surface area contributed by atoms with Crippen molar-refractivity contribution in [1.82, 2.24) is 14.9 Å². The molecule has 1 aromatic carbocycles. The number of para-hydroxylation sites is 1. The van der Waals surface area contributed by atoms with Gasteiger partial charge in [-0.1, -0.05) is 24.6 Å². The highest BCUT2D eigenvalue weighted by molar-refractivity contribution is 6.06. The predicted molar refractivity (Wildman–Crippen MR) is 96.8 cm³/mol. The second-order valence-corrected chi connectivity index (χ2v) is 6.65. The average Bonchev–Trinajstić information content (AvgIpc) is 2.90. The lowest BCUT2D eigenvalue weighted by molar-refractivity contribution is 0.0939. The second kappa shape index (κ2) is 6.33. The van der Waals surface area contributed by atoms with Gasteiger partial charge < -0.3 is 9.73 Å². The monoisotopic (exact) mass is 353 g/mol.